The number of aryl methyl sites for hydroxylation is 1. The lowest BCUT2D eigenvalue weighted by Crippen LogP contribution is -2.52. The minimum absolute atomic E-state index is 0.123. The molecule has 0 radical (unpaired) electrons. The molecule has 4 aliphatic rings. The summed E-state index contributed by atoms with van der Waals surface area (Å²) in [5, 5.41) is 4.39. The molecule has 28 heavy (non-hydrogen) atoms. The van der Waals surface area contributed by atoms with Gasteiger partial charge in [-0.05, 0) is 98.7 Å². The molecule has 5 rings (SSSR count). The summed E-state index contributed by atoms with van der Waals surface area (Å²) in [6.45, 7) is 7.87. The van der Waals surface area contributed by atoms with Gasteiger partial charge in [-0.15, -0.1) is 0 Å². The van der Waals surface area contributed by atoms with Crippen molar-refractivity contribution < 1.29 is 4.79 Å². The van der Waals surface area contributed by atoms with Crippen LogP contribution in [0.25, 0.3) is 6.08 Å². The molecule has 0 spiro atoms. The zero-order valence-corrected chi connectivity index (χ0v) is 17.9. The first kappa shape index (κ1) is 18.6. The van der Waals surface area contributed by atoms with Gasteiger partial charge in [0.2, 0.25) is 0 Å². The first-order valence-corrected chi connectivity index (χ1v) is 11.7. The third-order valence-electron chi connectivity index (χ3n) is 9.59. The van der Waals surface area contributed by atoms with E-state index in [4.69, 9.17) is 0 Å². The summed E-state index contributed by atoms with van der Waals surface area (Å²) in [6.07, 6.45) is 15.9. The van der Waals surface area contributed by atoms with Gasteiger partial charge in [0.1, 0.15) is 0 Å². The highest BCUT2D eigenvalue weighted by atomic mass is 16.1. The summed E-state index contributed by atoms with van der Waals surface area (Å²) in [5.74, 6) is 3.54. The van der Waals surface area contributed by atoms with Crippen LogP contribution in [0.2, 0.25) is 0 Å². The second-order valence-corrected chi connectivity index (χ2v) is 10.6. The highest BCUT2D eigenvalue weighted by Gasteiger charge is 2.60. The van der Waals surface area contributed by atoms with Crippen LogP contribution in [0.15, 0.2) is 17.8 Å². The molecule has 0 saturated heterocycles. The quantitative estimate of drug-likeness (QED) is 0.599. The summed E-state index contributed by atoms with van der Waals surface area (Å²) in [4.78, 5) is 13.5. The summed E-state index contributed by atoms with van der Waals surface area (Å²) in [6, 6.07) is 2.05. The molecule has 0 aliphatic heterocycles. The highest BCUT2D eigenvalue weighted by Crippen LogP contribution is 2.66. The Morgan fingerprint density at radius 3 is 2.82 bits per heavy atom. The van der Waals surface area contributed by atoms with Crippen molar-refractivity contribution in [2.24, 2.45) is 34.5 Å². The van der Waals surface area contributed by atoms with E-state index in [1.54, 1.807) is 0 Å². The summed E-state index contributed by atoms with van der Waals surface area (Å²) in [5.41, 5.74) is 2.58. The van der Waals surface area contributed by atoms with E-state index in [-0.39, 0.29) is 5.41 Å². The van der Waals surface area contributed by atoms with Crippen LogP contribution in [0, 0.1) is 34.5 Å². The first-order chi connectivity index (χ1) is 13.5. The zero-order chi connectivity index (χ0) is 19.5. The SMILES string of the molecule is CCn1nccc1/C=C1/C[C@H]2[C@@H]3CC[C@H]4CCCC[C@]4(C)[C@H]3CC[C@]2(C)C1=O. The van der Waals surface area contributed by atoms with Crippen LogP contribution in [0.1, 0.15) is 84.3 Å². The number of aromatic nitrogens is 2. The highest BCUT2D eigenvalue weighted by molar-refractivity contribution is 6.05. The van der Waals surface area contributed by atoms with Gasteiger partial charge in [-0.1, -0.05) is 26.7 Å². The average Bonchev–Trinajstić information content (AvgIpc) is 3.24. The van der Waals surface area contributed by atoms with E-state index in [0.717, 1.165) is 48.4 Å². The van der Waals surface area contributed by atoms with Gasteiger partial charge in [0.05, 0.1) is 5.69 Å². The van der Waals surface area contributed by atoms with Crippen molar-refractivity contribution in [1.82, 2.24) is 9.78 Å². The molecule has 0 amide bonds. The van der Waals surface area contributed by atoms with Crippen LogP contribution >= 0.6 is 0 Å². The minimum atomic E-state index is -0.123. The van der Waals surface area contributed by atoms with Crippen molar-refractivity contribution in [3.63, 3.8) is 0 Å². The molecule has 152 valence electrons. The topological polar surface area (TPSA) is 34.9 Å². The van der Waals surface area contributed by atoms with Crippen LogP contribution in [0.4, 0.5) is 0 Å². The Bertz CT molecular complexity index is 807. The molecular weight excluding hydrogens is 344 g/mol. The monoisotopic (exact) mass is 380 g/mol. The molecule has 0 unspecified atom stereocenters. The van der Waals surface area contributed by atoms with Gasteiger partial charge in [-0.2, -0.15) is 5.10 Å². The number of carbonyl (C=O) groups is 1. The summed E-state index contributed by atoms with van der Waals surface area (Å²) in [7, 11) is 0. The number of hydrogen-bond donors (Lipinski definition) is 0. The lowest BCUT2D eigenvalue weighted by atomic mass is 9.45. The lowest BCUT2D eigenvalue weighted by molar-refractivity contribution is -0.137. The third kappa shape index (κ3) is 2.53. The van der Waals surface area contributed by atoms with E-state index in [1.807, 2.05) is 16.9 Å². The zero-order valence-electron chi connectivity index (χ0n) is 17.9. The summed E-state index contributed by atoms with van der Waals surface area (Å²) >= 11 is 0. The van der Waals surface area contributed by atoms with Crippen LogP contribution < -0.4 is 0 Å². The average molecular weight is 381 g/mol. The van der Waals surface area contributed by atoms with E-state index >= 15 is 0 Å². The number of allylic oxidation sites excluding steroid dienone is 1. The molecular formula is C25H36N2O. The van der Waals surface area contributed by atoms with E-state index in [2.05, 4.69) is 31.9 Å². The van der Waals surface area contributed by atoms with Crippen LogP contribution in [0.3, 0.4) is 0 Å². The molecule has 6 atom stereocenters. The third-order valence-corrected chi connectivity index (χ3v) is 9.59. The van der Waals surface area contributed by atoms with Crippen LogP contribution in [-0.4, -0.2) is 15.6 Å². The molecule has 4 aliphatic carbocycles. The van der Waals surface area contributed by atoms with E-state index < -0.39 is 0 Å². The predicted molar refractivity (Wildman–Crippen MR) is 113 cm³/mol. The molecule has 3 nitrogen and oxygen atoms in total. The normalized spacial score (nSPS) is 44.2. The molecule has 1 aromatic heterocycles. The maximum Gasteiger partial charge on any atom is 0.165 e. The second kappa shape index (κ2) is 6.57. The Morgan fingerprint density at radius 2 is 2.00 bits per heavy atom. The Morgan fingerprint density at radius 1 is 1.14 bits per heavy atom. The summed E-state index contributed by atoms with van der Waals surface area (Å²) < 4.78 is 2.00. The van der Waals surface area contributed by atoms with Gasteiger partial charge in [-0.25, -0.2) is 0 Å². The van der Waals surface area contributed by atoms with Crippen molar-refractivity contribution in [3.05, 3.63) is 23.5 Å². The largest absolute Gasteiger partial charge is 0.294 e. The molecule has 0 aromatic carbocycles. The number of Topliss-reactive ketones (excluding diaryl/α,β-unsaturated/α-hetero) is 1. The van der Waals surface area contributed by atoms with Crippen LogP contribution in [0.5, 0.6) is 0 Å². The molecule has 4 fully saturated rings. The lowest BCUT2D eigenvalue weighted by Gasteiger charge is -2.59. The first-order valence-electron chi connectivity index (χ1n) is 11.7. The van der Waals surface area contributed by atoms with Gasteiger partial charge in [0, 0.05) is 18.2 Å². The van der Waals surface area contributed by atoms with Crippen molar-refractivity contribution in [2.45, 2.75) is 85.1 Å². The number of rotatable bonds is 2. The molecule has 1 heterocycles. The van der Waals surface area contributed by atoms with Gasteiger partial charge in [0.15, 0.2) is 5.78 Å². The Balaban J connectivity index is 1.47. The van der Waals surface area contributed by atoms with Crippen LogP contribution in [-0.2, 0) is 11.3 Å². The van der Waals surface area contributed by atoms with Gasteiger partial charge >= 0.3 is 0 Å². The molecule has 0 N–H and O–H groups in total. The molecule has 1 aromatic rings. The predicted octanol–water partition coefficient (Wildman–Crippen LogP) is 5.90. The van der Waals surface area contributed by atoms with Gasteiger partial charge < -0.3 is 0 Å². The van der Waals surface area contributed by atoms with Crippen molar-refractivity contribution >= 4 is 11.9 Å². The van der Waals surface area contributed by atoms with Gasteiger partial charge in [0.25, 0.3) is 0 Å². The Hall–Kier alpha value is -1.38. The minimum Gasteiger partial charge on any atom is -0.294 e. The van der Waals surface area contributed by atoms with Crippen molar-refractivity contribution in [3.8, 4) is 0 Å². The standard InChI is InChI=1S/C25H36N2O/c1-4-27-19(11-14-26-27)15-17-16-22-20-9-8-18-7-5-6-12-24(18,2)21(20)10-13-25(22,3)23(17)28/h11,14-15,18,20-22H,4-10,12-13,16H2,1-3H3/b17-15-/t18-,20-,21+,22+,24+,25+/m1/s1. The Kier molecular flexibility index (Phi) is 4.37. The fourth-order valence-electron chi connectivity index (χ4n) is 8.00. The molecule has 3 heteroatoms. The fourth-order valence-corrected chi connectivity index (χ4v) is 8.00. The number of hydrogen-bond acceptors (Lipinski definition) is 2. The smallest absolute Gasteiger partial charge is 0.165 e. The number of ketones is 1. The maximum atomic E-state index is 13.5. The maximum absolute atomic E-state index is 13.5. The van der Waals surface area contributed by atoms with Crippen molar-refractivity contribution in [2.75, 3.05) is 0 Å². The fraction of sp³-hybridized carbons (Fsp3) is 0.760. The second-order valence-electron chi connectivity index (χ2n) is 10.6. The Labute approximate surface area is 170 Å². The number of fused-ring (bicyclic) bond motifs is 5. The number of carbonyl (C=O) groups excluding carboxylic acids is 1. The van der Waals surface area contributed by atoms with E-state index in [9.17, 15) is 4.79 Å². The van der Waals surface area contributed by atoms with Crippen molar-refractivity contribution in [1.29, 1.82) is 0 Å². The number of nitrogens with zero attached hydrogens (tertiary/aromatic N) is 2. The van der Waals surface area contributed by atoms with Gasteiger partial charge in [-0.3, -0.25) is 9.48 Å². The molecule has 4 saturated carbocycles. The van der Waals surface area contributed by atoms with E-state index in [0.29, 0.717) is 17.1 Å². The van der Waals surface area contributed by atoms with E-state index in [1.165, 1.54) is 44.9 Å². The molecule has 0 bridgehead atoms.